The molecule has 0 fully saturated rings. The number of hydrogen-bond acceptors (Lipinski definition) is 6. The van der Waals surface area contributed by atoms with Crippen LogP contribution in [-0.4, -0.2) is 29.1 Å². The number of imidazole rings is 1. The number of hydrogen-bond donors (Lipinski definition) is 1. The maximum absolute atomic E-state index is 12.9. The van der Waals surface area contributed by atoms with Gasteiger partial charge in [0.1, 0.15) is 0 Å². The molecule has 26 heavy (non-hydrogen) atoms. The maximum atomic E-state index is 12.9. The lowest BCUT2D eigenvalue weighted by Crippen LogP contribution is -2.20. The molecule has 0 radical (unpaired) electrons. The molecular weight excluding hydrogens is 336 g/mol. The van der Waals surface area contributed by atoms with Gasteiger partial charge in [-0.15, -0.1) is 5.10 Å². The second-order valence-corrected chi connectivity index (χ2v) is 5.84. The zero-order valence-electron chi connectivity index (χ0n) is 13.8. The van der Waals surface area contributed by atoms with Crippen molar-refractivity contribution in [1.82, 2.24) is 29.1 Å². The van der Waals surface area contributed by atoms with Crippen LogP contribution in [0, 0.1) is 0 Å². The van der Waals surface area contributed by atoms with Crippen molar-refractivity contribution >= 4 is 16.9 Å². The fraction of sp³-hybridized carbons (Fsp3) is 0.176. The van der Waals surface area contributed by atoms with Crippen LogP contribution in [0.5, 0.6) is 0 Å². The minimum Gasteiger partial charge on any atom is -0.461 e. The van der Waals surface area contributed by atoms with E-state index in [-0.39, 0.29) is 5.56 Å². The largest absolute Gasteiger partial charge is 0.461 e. The molecule has 5 aromatic heterocycles. The molecule has 0 unspecified atom stereocenters. The summed E-state index contributed by atoms with van der Waals surface area (Å²) in [5.74, 6) is 2.34. The van der Waals surface area contributed by atoms with Gasteiger partial charge in [-0.25, -0.2) is 4.98 Å². The molecule has 0 aliphatic carbocycles. The molecule has 0 amide bonds. The Morgan fingerprint density at radius 2 is 1.88 bits per heavy atom. The van der Waals surface area contributed by atoms with Crippen molar-refractivity contribution in [2.45, 2.75) is 19.9 Å². The summed E-state index contributed by atoms with van der Waals surface area (Å²) in [7, 11) is 0. The number of aromatic amines is 1. The molecule has 130 valence electrons. The standard InChI is InChI=1S/C17H14N6O3/c1-2-7-22-15-12(18-13(19-15)10-5-3-8-25-10)16(24)23-17(22)20-14(21-23)11-6-4-9-26-11/h3-6,8-9H,2,7H2,1H3,(H,18,19). The Balaban J connectivity index is 1.83. The van der Waals surface area contributed by atoms with Gasteiger partial charge in [0.15, 0.2) is 28.5 Å². The van der Waals surface area contributed by atoms with Crippen LogP contribution in [0.25, 0.3) is 40.1 Å². The summed E-state index contributed by atoms with van der Waals surface area (Å²) in [5, 5.41) is 4.33. The van der Waals surface area contributed by atoms with E-state index in [1.807, 2.05) is 11.5 Å². The van der Waals surface area contributed by atoms with Crippen molar-refractivity contribution < 1.29 is 8.83 Å². The molecule has 5 heterocycles. The zero-order chi connectivity index (χ0) is 17.7. The van der Waals surface area contributed by atoms with Gasteiger partial charge in [0.2, 0.25) is 11.6 Å². The average Bonchev–Trinajstić information content (AvgIpc) is 3.43. The summed E-state index contributed by atoms with van der Waals surface area (Å²) in [4.78, 5) is 25.0. The minimum atomic E-state index is -0.321. The molecule has 0 aliphatic rings. The Labute approximate surface area is 145 Å². The molecule has 9 nitrogen and oxygen atoms in total. The molecule has 0 saturated heterocycles. The molecular formula is C17H14N6O3. The number of furan rings is 2. The van der Waals surface area contributed by atoms with Gasteiger partial charge < -0.3 is 13.8 Å². The maximum Gasteiger partial charge on any atom is 0.301 e. The van der Waals surface area contributed by atoms with Crippen molar-refractivity contribution in [2.24, 2.45) is 0 Å². The van der Waals surface area contributed by atoms with Gasteiger partial charge in [-0.05, 0) is 30.7 Å². The molecule has 0 aromatic carbocycles. The van der Waals surface area contributed by atoms with E-state index >= 15 is 0 Å². The summed E-state index contributed by atoms with van der Waals surface area (Å²) in [6.07, 6.45) is 3.95. The van der Waals surface area contributed by atoms with Crippen LogP contribution in [0.15, 0.2) is 50.4 Å². The van der Waals surface area contributed by atoms with Crippen LogP contribution in [0.4, 0.5) is 0 Å². The average molecular weight is 350 g/mol. The SMILES string of the molecule is CCCn1c2nc(-c3ccco3)[nH]c2c(=O)n2nc(-c3ccco3)nc12. The normalized spacial score (nSPS) is 11.7. The third-order valence-corrected chi connectivity index (χ3v) is 4.12. The highest BCUT2D eigenvalue weighted by Crippen LogP contribution is 2.22. The lowest BCUT2D eigenvalue weighted by molar-refractivity contribution is 0.577. The first-order valence-corrected chi connectivity index (χ1v) is 8.23. The molecule has 1 N–H and O–H groups in total. The fourth-order valence-corrected chi connectivity index (χ4v) is 2.99. The van der Waals surface area contributed by atoms with Crippen molar-refractivity contribution in [2.75, 3.05) is 0 Å². The summed E-state index contributed by atoms with van der Waals surface area (Å²) in [5.41, 5.74) is 0.556. The quantitative estimate of drug-likeness (QED) is 0.534. The van der Waals surface area contributed by atoms with E-state index in [1.165, 1.54) is 4.52 Å². The lowest BCUT2D eigenvalue weighted by atomic mass is 10.4. The smallest absolute Gasteiger partial charge is 0.301 e. The van der Waals surface area contributed by atoms with Crippen molar-refractivity contribution in [1.29, 1.82) is 0 Å². The molecule has 0 aliphatic heterocycles. The lowest BCUT2D eigenvalue weighted by Gasteiger charge is -2.06. The molecule has 0 bridgehead atoms. The highest BCUT2D eigenvalue weighted by Gasteiger charge is 2.20. The van der Waals surface area contributed by atoms with Gasteiger partial charge in [0, 0.05) is 6.54 Å². The minimum absolute atomic E-state index is 0.321. The molecule has 5 aromatic rings. The molecule has 0 saturated carbocycles. The van der Waals surface area contributed by atoms with E-state index in [1.54, 1.807) is 36.8 Å². The Bertz CT molecular complexity index is 1160. The summed E-state index contributed by atoms with van der Waals surface area (Å²) in [6, 6.07) is 7.05. The van der Waals surface area contributed by atoms with Gasteiger partial charge in [-0.1, -0.05) is 6.92 Å². The van der Waals surface area contributed by atoms with Crippen LogP contribution in [0.2, 0.25) is 0 Å². The highest BCUT2D eigenvalue weighted by molar-refractivity contribution is 5.76. The number of rotatable bonds is 4. The van der Waals surface area contributed by atoms with Crippen molar-refractivity contribution in [3.8, 4) is 23.2 Å². The van der Waals surface area contributed by atoms with E-state index in [2.05, 4.69) is 20.1 Å². The second kappa shape index (κ2) is 5.45. The Morgan fingerprint density at radius 3 is 2.58 bits per heavy atom. The van der Waals surface area contributed by atoms with Gasteiger partial charge in [-0.3, -0.25) is 9.36 Å². The van der Waals surface area contributed by atoms with Crippen LogP contribution in [-0.2, 0) is 6.54 Å². The first-order chi connectivity index (χ1) is 12.8. The van der Waals surface area contributed by atoms with Gasteiger partial charge in [0.25, 0.3) is 0 Å². The van der Waals surface area contributed by atoms with Crippen LogP contribution >= 0.6 is 0 Å². The van der Waals surface area contributed by atoms with Crippen LogP contribution in [0.1, 0.15) is 13.3 Å². The van der Waals surface area contributed by atoms with E-state index in [4.69, 9.17) is 8.83 Å². The number of aryl methyl sites for hydroxylation is 1. The summed E-state index contributed by atoms with van der Waals surface area (Å²) < 4.78 is 13.9. The van der Waals surface area contributed by atoms with Gasteiger partial charge in [-0.2, -0.15) is 9.50 Å². The molecule has 0 spiro atoms. The number of H-pyrrole nitrogens is 1. The zero-order valence-corrected chi connectivity index (χ0v) is 13.8. The summed E-state index contributed by atoms with van der Waals surface area (Å²) in [6.45, 7) is 2.68. The first-order valence-electron chi connectivity index (χ1n) is 8.23. The monoisotopic (exact) mass is 350 g/mol. The third-order valence-electron chi connectivity index (χ3n) is 4.12. The predicted octanol–water partition coefficient (Wildman–Crippen LogP) is 2.70. The topological polar surface area (TPSA) is 107 Å². The van der Waals surface area contributed by atoms with Crippen molar-refractivity contribution in [3.63, 3.8) is 0 Å². The molecule has 9 heteroatoms. The number of nitrogens with zero attached hydrogens (tertiary/aromatic N) is 5. The Hall–Kier alpha value is -3.62. The van der Waals surface area contributed by atoms with Crippen molar-refractivity contribution in [3.05, 3.63) is 47.1 Å². The first kappa shape index (κ1) is 14.7. The molecule has 0 atom stereocenters. The van der Waals surface area contributed by atoms with Crippen LogP contribution in [0.3, 0.4) is 0 Å². The third kappa shape index (κ3) is 2.03. The van der Waals surface area contributed by atoms with E-state index in [0.717, 1.165) is 6.42 Å². The number of fused-ring (bicyclic) bond motifs is 2. The second-order valence-electron chi connectivity index (χ2n) is 5.84. The van der Waals surface area contributed by atoms with E-state index in [9.17, 15) is 4.79 Å². The van der Waals surface area contributed by atoms with Crippen LogP contribution < -0.4 is 5.56 Å². The highest BCUT2D eigenvalue weighted by atomic mass is 16.3. The fourth-order valence-electron chi connectivity index (χ4n) is 2.99. The number of aromatic nitrogens is 6. The predicted molar refractivity (Wildman–Crippen MR) is 92.6 cm³/mol. The van der Waals surface area contributed by atoms with Gasteiger partial charge >= 0.3 is 5.56 Å². The Morgan fingerprint density at radius 1 is 1.12 bits per heavy atom. The number of nitrogens with one attached hydrogen (secondary N) is 1. The molecule has 5 rings (SSSR count). The van der Waals surface area contributed by atoms with Gasteiger partial charge in [0.05, 0.1) is 12.5 Å². The Kier molecular flexibility index (Phi) is 3.08. The van der Waals surface area contributed by atoms with E-state index in [0.29, 0.717) is 46.7 Å². The van der Waals surface area contributed by atoms with E-state index < -0.39 is 0 Å². The summed E-state index contributed by atoms with van der Waals surface area (Å²) >= 11 is 0.